The lowest BCUT2D eigenvalue weighted by Crippen LogP contribution is -2.30. The molecule has 0 unspecified atom stereocenters. The van der Waals surface area contributed by atoms with Gasteiger partial charge in [-0.3, -0.25) is 9.59 Å². The molecule has 5 nitrogen and oxygen atoms in total. The predicted octanol–water partition coefficient (Wildman–Crippen LogP) is 4.90. The Labute approximate surface area is 163 Å². The molecule has 2 amide bonds. The van der Waals surface area contributed by atoms with Gasteiger partial charge in [-0.25, -0.2) is 4.90 Å². The Kier molecular flexibility index (Phi) is 4.35. The average molecular weight is 373 g/mol. The van der Waals surface area contributed by atoms with Crippen molar-refractivity contribution >= 4 is 17.5 Å². The first-order chi connectivity index (χ1) is 13.5. The number of aryl methyl sites for hydroxylation is 2. The minimum atomic E-state index is -0.348. The first-order valence-electron chi connectivity index (χ1n) is 8.90. The molecule has 0 N–H and O–H groups in total. The molecule has 1 aliphatic heterocycles. The zero-order valence-electron chi connectivity index (χ0n) is 15.9. The minimum absolute atomic E-state index is 0.322. The normalized spacial score (nSPS) is 12.9. The lowest BCUT2D eigenvalue weighted by molar-refractivity contribution is 0.0926. The summed E-state index contributed by atoms with van der Waals surface area (Å²) >= 11 is 0. The highest BCUT2D eigenvalue weighted by Gasteiger charge is 2.37. The summed E-state index contributed by atoms with van der Waals surface area (Å²) < 4.78 is 11.2. The third-order valence-electron chi connectivity index (χ3n) is 4.76. The maximum Gasteiger partial charge on any atom is 0.266 e. The number of carbonyl (C=O) groups is 2. The van der Waals surface area contributed by atoms with Crippen LogP contribution in [-0.4, -0.2) is 18.9 Å². The van der Waals surface area contributed by atoms with Gasteiger partial charge in [0, 0.05) is 0 Å². The van der Waals surface area contributed by atoms with Crippen molar-refractivity contribution in [3.8, 4) is 17.2 Å². The molecule has 4 rings (SSSR count). The van der Waals surface area contributed by atoms with Crippen molar-refractivity contribution in [1.82, 2.24) is 0 Å². The van der Waals surface area contributed by atoms with E-state index in [-0.39, 0.29) is 11.8 Å². The fourth-order valence-electron chi connectivity index (χ4n) is 3.29. The number of ether oxygens (including phenoxy) is 2. The van der Waals surface area contributed by atoms with E-state index in [1.807, 2.05) is 44.2 Å². The van der Waals surface area contributed by atoms with E-state index >= 15 is 0 Å². The zero-order chi connectivity index (χ0) is 19.8. The van der Waals surface area contributed by atoms with Gasteiger partial charge in [0.05, 0.1) is 23.9 Å². The van der Waals surface area contributed by atoms with E-state index in [1.54, 1.807) is 37.4 Å². The van der Waals surface area contributed by atoms with Crippen molar-refractivity contribution in [3.63, 3.8) is 0 Å². The molecule has 0 spiro atoms. The molecule has 0 aromatic heterocycles. The molecule has 140 valence electrons. The van der Waals surface area contributed by atoms with Crippen LogP contribution in [0.1, 0.15) is 31.8 Å². The molecular weight excluding hydrogens is 354 g/mol. The Morgan fingerprint density at radius 2 is 1.50 bits per heavy atom. The predicted molar refractivity (Wildman–Crippen MR) is 107 cm³/mol. The highest BCUT2D eigenvalue weighted by Crippen LogP contribution is 2.36. The number of carbonyl (C=O) groups excluding carboxylic acids is 2. The second kappa shape index (κ2) is 6.85. The lowest BCUT2D eigenvalue weighted by atomic mass is 10.1. The molecule has 3 aromatic carbocycles. The number of fused-ring (bicyclic) bond motifs is 1. The largest absolute Gasteiger partial charge is 0.493 e. The molecule has 0 atom stereocenters. The van der Waals surface area contributed by atoms with Gasteiger partial charge in [0.15, 0.2) is 11.5 Å². The van der Waals surface area contributed by atoms with E-state index in [2.05, 4.69) is 0 Å². The smallest absolute Gasteiger partial charge is 0.266 e. The number of amides is 2. The van der Waals surface area contributed by atoms with Gasteiger partial charge in [-0.05, 0) is 61.4 Å². The first kappa shape index (κ1) is 17.8. The van der Waals surface area contributed by atoms with Gasteiger partial charge >= 0.3 is 0 Å². The number of imide groups is 1. The maximum absolute atomic E-state index is 13.0. The molecule has 0 fully saturated rings. The van der Waals surface area contributed by atoms with Crippen LogP contribution < -0.4 is 14.4 Å². The van der Waals surface area contributed by atoms with E-state index in [1.165, 1.54) is 4.90 Å². The number of anilines is 1. The summed E-state index contributed by atoms with van der Waals surface area (Å²) in [4.78, 5) is 27.1. The summed E-state index contributed by atoms with van der Waals surface area (Å²) in [5.74, 6) is 0.916. The third kappa shape index (κ3) is 2.91. The number of methoxy groups -OCH3 is 1. The summed E-state index contributed by atoms with van der Waals surface area (Å²) in [6.45, 7) is 3.81. The standard InChI is InChI=1S/C23H19NO4/c1-14-8-9-15(2)19(12-14)24-22(25)17-11-10-16(13-18(17)23(24)26)28-21-7-5-4-6-20(21)27-3/h4-13H,1-3H3. The Morgan fingerprint density at radius 3 is 2.25 bits per heavy atom. The quantitative estimate of drug-likeness (QED) is 0.610. The van der Waals surface area contributed by atoms with Crippen molar-refractivity contribution in [3.05, 3.63) is 82.9 Å². The SMILES string of the molecule is COc1ccccc1Oc1ccc2c(c1)C(=O)N(c1cc(C)ccc1C)C2=O. The van der Waals surface area contributed by atoms with Crippen LogP contribution in [0.25, 0.3) is 0 Å². The zero-order valence-corrected chi connectivity index (χ0v) is 15.9. The van der Waals surface area contributed by atoms with E-state index in [9.17, 15) is 9.59 Å². The molecule has 0 radical (unpaired) electrons. The monoisotopic (exact) mass is 373 g/mol. The Morgan fingerprint density at radius 1 is 0.786 bits per heavy atom. The van der Waals surface area contributed by atoms with E-state index in [0.717, 1.165) is 11.1 Å². The first-order valence-corrected chi connectivity index (χ1v) is 8.90. The second-order valence-electron chi connectivity index (χ2n) is 6.70. The second-order valence-corrected chi connectivity index (χ2v) is 6.70. The van der Waals surface area contributed by atoms with Crippen LogP contribution in [0.3, 0.4) is 0 Å². The number of para-hydroxylation sites is 2. The average Bonchev–Trinajstić information content (AvgIpc) is 2.94. The number of rotatable bonds is 4. The summed E-state index contributed by atoms with van der Waals surface area (Å²) in [5.41, 5.74) is 3.16. The molecule has 28 heavy (non-hydrogen) atoms. The molecule has 3 aromatic rings. The Hall–Kier alpha value is -3.60. The van der Waals surface area contributed by atoms with E-state index in [0.29, 0.717) is 34.1 Å². The number of nitrogens with zero attached hydrogens (tertiary/aromatic N) is 1. The molecule has 0 bridgehead atoms. The molecule has 1 heterocycles. The van der Waals surface area contributed by atoms with Gasteiger partial charge in [-0.15, -0.1) is 0 Å². The van der Waals surface area contributed by atoms with Crippen LogP contribution in [-0.2, 0) is 0 Å². The number of benzene rings is 3. The maximum atomic E-state index is 13.0. The highest BCUT2D eigenvalue weighted by molar-refractivity contribution is 6.34. The van der Waals surface area contributed by atoms with Crippen LogP contribution in [0.15, 0.2) is 60.7 Å². The van der Waals surface area contributed by atoms with Crippen molar-refractivity contribution in [2.24, 2.45) is 0 Å². The van der Waals surface area contributed by atoms with Crippen molar-refractivity contribution in [2.45, 2.75) is 13.8 Å². The van der Waals surface area contributed by atoms with E-state index < -0.39 is 0 Å². The highest BCUT2D eigenvalue weighted by atomic mass is 16.5. The van der Waals surface area contributed by atoms with Crippen LogP contribution in [0.2, 0.25) is 0 Å². The lowest BCUT2D eigenvalue weighted by Gasteiger charge is -2.17. The summed E-state index contributed by atoms with van der Waals surface area (Å²) in [6.07, 6.45) is 0. The topological polar surface area (TPSA) is 55.8 Å². The Bertz CT molecular complexity index is 1100. The number of hydrogen-bond acceptors (Lipinski definition) is 4. The fourth-order valence-corrected chi connectivity index (χ4v) is 3.29. The minimum Gasteiger partial charge on any atom is -0.493 e. The summed E-state index contributed by atoms with van der Waals surface area (Å²) in [5, 5.41) is 0. The van der Waals surface area contributed by atoms with Gasteiger partial charge in [0.25, 0.3) is 11.8 Å². The van der Waals surface area contributed by atoms with Gasteiger partial charge in [-0.1, -0.05) is 24.3 Å². The molecule has 5 heteroatoms. The van der Waals surface area contributed by atoms with Crippen LogP contribution in [0.4, 0.5) is 5.69 Å². The summed E-state index contributed by atoms with van der Waals surface area (Å²) in [6, 6.07) is 17.9. The molecule has 0 aliphatic carbocycles. The van der Waals surface area contributed by atoms with Crippen molar-refractivity contribution in [1.29, 1.82) is 0 Å². The fraction of sp³-hybridized carbons (Fsp3) is 0.130. The third-order valence-corrected chi connectivity index (χ3v) is 4.76. The van der Waals surface area contributed by atoms with Crippen LogP contribution >= 0.6 is 0 Å². The molecule has 0 saturated carbocycles. The molecular formula is C23H19NO4. The summed E-state index contributed by atoms with van der Waals surface area (Å²) in [7, 11) is 1.56. The Balaban J connectivity index is 1.71. The van der Waals surface area contributed by atoms with Crippen molar-refractivity contribution < 1.29 is 19.1 Å². The van der Waals surface area contributed by atoms with Crippen LogP contribution in [0, 0.1) is 13.8 Å². The van der Waals surface area contributed by atoms with E-state index in [4.69, 9.17) is 9.47 Å². The van der Waals surface area contributed by atoms with Gasteiger partial charge in [-0.2, -0.15) is 0 Å². The van der Waals surface area contributed by atoms with Crippen LogP contribution in [0.5, 0.6) is 17.2 Å². The van der Waals surface area contributed by atoms with Gasteiger partial charge in [0.1, 0.15) is 5.75 Å². The van der Waals surface area contributed by atoms with Gasteiger partial charge in [0.2, 0.25) is 0 Å². The number of hydrogen-bond donors (Lipinski definition) is 0. The molecule has 0 saturated heterocycles. The van der Waals surface area contributed by atoms with Gasteiger partial charge < -0.3 is 9.47 Å². The molecule has 1 aliphatic rings. The van der Waals surface area contributed by atoms with Crippen molar-refractivity contribution in [2.75, 3.05) is 12.0 Å².